The standard InChI is InChI=1S/C22H32N2/c1-7-23(6)20-14-10-18(11-15-20)22(4,5)19-12-16-21(17-13-19)24(8-2)9-3/h10-17H,7-9H2,1-6H3. The van der Waals surface area contributed by atoms with Gasteiger partial charge < -0.3 is 9.80 Å². The second kappa shape index (κ2) is 7.74. The highest BCUT2D eigenvalue weighted by Gasteiger charge is 2.23. The summed E-state index contributed by atoms with van der Waals surface area (Å²) in [4.78, 5) is 4.64. The molecule has 0 bridgehead atoms. The van der Waals surface area contributed by atoms with Gasteiger partial charge in [-0.05, 0) is 56.2 Å². The van der Waals surface area contributed by atoms with Crippen LogP contribution in [0, 0.1) is 0 Å². The molecule has 0 radical (unpaired) electrons. The van der Waals surface area contributed by atoms with Crippen LogP contribution in [0.3, 0.4) is 0 Å². The molecule has 0 N–H and O–H groups in total. The van der Waals surface area contributed by atoms with Gasteiger partial charge in [-0.15, -0.1) is 0 Å². The normalized spacial score (nSPS) is 11.4. The summed E-state index contributed by atoms with van der Waals surface area (Å²) in [6.45, 7) is 14.3. The lowest BCUT2D eigenvalue weighted by atomic mass is 9.78. The maximum atomic E-state index is 2.38. The first-order valence-corrected chi connectivity index (χ1v) is 9.11. The third kappa shape index (κ3) is 3.75. The van der Waals surface area contributed by atoms with Crippen molar-refractivity contribution in [1.29, 1.82) is 0 Å². The number of rotatable bonds is 7. The van der Waals surface area contributed by atoms with Gasteiger partial charge >= 0.3 is 0 Å². The predicted molar refractivity (Wildman–Crippen MR) is 108 cm³/mol. The minimum Gasteiger partial charge on any atom is -0.375 e. The molecule has 0 saturated carbocycles. The van der Waals surface area contributed by atoms with E-state index >= 15 is 0 Å². The summed E-state index contributed by atoms with van der Waals surface area (Å²) in [7, 11) is 2.13. The fourth-order valence-electron chi connectivity index (χ4n) is 3.16. The molecule has 0 saturated heterocycles. The minimum absolute atomic E-state index is 0.00506. The molecule has 0 spiro atoms. The van der Waals surface area contributed by atoms with E-state index in [1.807, 2.05) is 0 Å². The van der Waals surface area contributed by atoms with Crippen molar-refractivity contribution in [3.8, 4) is 0 Å². The van der Waals surface area contributed by atoms with Gasteiger partial charge in [-0.1, -0.05) is 38.1 Å². The zero-order valence-electron chi connectivity index (χ0n) is 16.1. The Morgan fingerprint density at radius 1 is 0.667 bits per heavy atom. The number of anilines is 2. The van der Waals surface area contributed by atoms with Crippen LogP contribution >= 0.6 is 0 Å². The first kappa shape index (κ1) is 18.4. The summed E-state index contributed by atoms with van der Waals surface area (Å²) in [5, 5.41) is 0. The monoisotopic (exact) mass is 324 g/mol. The van der Waals surface area contributed by atoms with Crippen LogP contribution in [0.25, 0.3) is 0 Å². The molecule has 0 aliphatic heterocycles. The van der Waals surface area contributed by atoms with E-state index in [0.717, 1.165) is 19.6 Å². The highest BCUT2D eigenvalue weighted by molar-refractivity contribution is 5.52. The van der Waals surface area contributed by atoms with Gasteiger partial charge in [0.1, 0.15) is 0 Å². The zero-order valence-corrected chi connectivity index (χ0v) is 16.1. The molecule has 0 aromatic heterocycles. The molecule has 0 fully saturated rings. The highest BCUT2D eigenvalue weighted by Crippen LogP contribution is 2.33. The van der Waals surface area contributed by atoms with E-state index in [1.165, 1.54) is 22.5 Å². The van der Waals surface area contributed by atoms with Crippen molar-refractivity contribution in [1.82, 2.24) is 0 Å². The van der Waals surface area contributed by atoms with E-state index in [2.05, 4.69) is 100.0 Å². The Morgan fingerprint density at radius 3 is 1.46 bits per heavy atom. The van der Waals surface area contributed by atoms with Crippen molar-refractivity contribution in [2.24, 2.45) is 0 Å². The molecular formula is C22H32N2. The molecule has 2 rings (SSSR count). The van der Waals surface area contributed by atoms with Crippen molar-refractivity contribution in [2.45, 2.75) is 40.0 Å². The summed E-state index contributed by atoms with van der Waals surface area (Å²) < 4.78 is 0. The van der Waals surface area contributed by atoms with Gasteiger partial charge in [0.2, 0.25) is 0 Å². The Hall–Kier alpha value is -1.96. The Kier molecular flexibility index (Phi) is 5.93. The number of benzene rings is 2. The molecule has 2 aromatic carbocycles. The summed E-state index contributed by atoms with van der Waals surface area (Å²) in [5.41, 5.74) is 5.29. The molecule has 130 valence electrons. The summed E-state index contributed by atoms with van der Waals surface area (Å²) in [6, 6.07) is 18.0. The maximum Gasteiger partial charge on any atom is 0.0366 e. The van der Waals surface area contributed by atoms with Crippen molar-refractivity contribution in [2.75, 3.05) is 36.5 Å². The Balaban J connectivity index is 2.26. The molecule has 2 aromatic rings. The van der Waals surface area contributed by atoms with Gasteiger partial charge in [0, 0.05) is 43.5 Å². The van der Waals surface area contributed by atoms with Crippen LogP contribution in [-0.2, 0) is 5.41 Å². The third-order valence-corrected chi connectivity index (χ3v) is 5.22. The average molecular weight is 325 g/mol. The van der Waals surface area contributed by atoms with Crippen LogP contribution in [0.1, 0.15) is 45.7 Å². The van der Waals surface area contributed by atoms with Crippen LogP contribution in [0.15, 0.2) is 48.5 Å². The second-order valence-electron chi connectivity index (χ2n) is 6.91. The summed E-state index contributed by atoms with van der Waals surface area (Å²) >= 11 is 0. The SMILES string of the molecule is CCN(C)c1ccc(C(C)(C)c2ccc(N(CC)CC)cc2)cc1. The van der Waals surface area contributed by atoms with Gasteiger partial charge in [-0.2, -0.15) is 0 Å². The Bertz CT molecular complexity index is 622. The number of hydrogen-bond acceptors (Lipinski definition) is 2. The Morgan fingerprint density at radius 2 is 1.08 bits per heavy atom. The lowest BCUT2D eigenvalue weighted by molar-refractivity contribution is 0.640. The first-order chi connectivity index (χ1) is 11.4. The summed E-state index contributed by atoms with van der Waals surface area (Å²) in [5.74, 6) is 0. The van der Waals surface area contributed by atoms with Gasteiger partial charge in [0.25, 0.3) is 0 Å². The smallest absolute Gasteiger partial charge is 0.0366 e. The fraction of sp³-hybridized carbons (Fsp3) is 0.455. The molecule has 0 aliphatic rings. The van der Waals surface area contributed by atoms with Crippen LogP contribution in [0.2, 0.25) is 0 Å². The summed E-state index contributed by atoms with van der Waals surface area (Å²) in [6.07, 6.45) is 0. The van der Waals surface area contributed by atoms with E-state index in [0.29, 0.717) is 0 Å². The molecule has 24 heavy (non-hydrogen) atoms. The van der Waals surface area contributed by atoms with Gasteiger partial charge in [0.15, 0.2) is 0 Å². The topological polar surface area (TPSA) is 6.48 Å². The van der Waals surface area contributed by atoms with E-state index in [9.17, 15) is 0 Å². The van der Waals surface area contributed by atoms with Gasteiger partial charge in [-0.25, -0.2) is 0 Å². The van der Waals surface area contributed by atoms with Crippen LogP contribution < -0.4 is 9.80 Å². The molecule has 2 heteroatoms. The fourth-order valence-corrected chi connectivity index (χ4v) is 3.16. The van der Waals surface area contributed by atoms with E-state index in [-0.39, 0.29) is 5.41 Å². The second-order valence-corrected chi connectivity index (χ2v) is 6.91. The maximum absolute atomic E-state index is 2.38. The molecular weight excluding hydrogens is 292 g/mol. The largest absolute Gasteiger partial charge is 0.375 e. The van der Waals surface area contributed by atoms with Crippen LogP contribution in [-0.4, -0.2) is 26.7 Å². The molecule has 2 nitrogen and oxygen atoms in total. The zero-order chi connectivity index (χ0) is 17.7. The lowest BCUT2D eigenvalue weighted by Gasteiger charge is -2.28. The molecule has 0 aliphatic carbocycles. The van der Waals surface area contributed by atoms with Crippen molar-refractivity contribution in [3.05, 3.63) is 59.7 Å². The van der Waals surface area contributed by atoms with E-state index in [1.54, 1.807) is 0 Å². The van der Waals surface area contributed by atoms with Crippen molar-refractivity contribution in [3.63, 3.8) is 0 Å². The predicted octanol–water partition coefficient (Wildman–Crippen LogP) is 5.31. The first-order valence-electron chi connectivity index (χ1n) is 9.11. The molecule has 0 atom stereocenters. The van der Waals surface area contributed by atoms with E-state index < -0.39 is 0 Å². The van der Waals surface area contributed by atoms with Gasteiger partial charge in [0.05, 0.1) is 0 Å². The number of hydrogen-bond donors (Lipinski definition) is 0. The molecule has 0 amide bonds. The highest BCUT2D eigenvalue weighted by atomic mass is 15.1. The molecule has 0 heterocycles. The average Bonchev–Trinajstić information content (AvgIpc) is 2.62. The van der Waals surface area contributed by atoms with Crippen molar-refractivity contribution < 1.29 is 0 Å². The lowest BCUT2D eigenvalue weighted by Crippen LogP contribution is -2.23. The van der Waals surface area contributed by atoms with Crippen LogP contribution in [0.4, 0.5) is 11.4 Å². The quantitative estimate of drug-likeness (QED) is 0.680. The van der Waals surface area contributed by atoms with E-state index in [4.69, 9.17) is 0 Å². The third-order valence-electron chi connectivity index (χ3n) is 5.22. The van der Waals surface area contributed by atoms with Crippen molar-refractivity contribution >= 4 is 11.4 Å². The Labute approximate surface area is 148 Å². The van der Waals surface area contributed by atoms with Crippen LogP contribution in [0.5, 0.6) is 0 Å². The minimum atomic E-state index is 0.00506. The number of nitrogens with zero attached hydrogens (tertiary/aromatic N) is 2. The molecule has 0 unspecified atom stereocenters. The van der Waals surface area contributed by atoms with Gasteiger partial charge in [-0.3, -0.25) is 0 Å².